The summed E-state index contributed by atoms with van der Waals surface area (Å²) in [5, 5.41) is 2.78. The number of nitrogens with zero attached hydrogens (tertiary/aromatic N) is 1. The largest absolute Gasteiger partial charge is 0.497 e. The minimum absolute atomic E-state index is 0.287. The highest BCUT2D eigenvalue weighted by atomic mass is 32.2. The minimum Gasteiger partial charge on any atom is -0.497 e. The maximum atomic E-state index is 12.6. The van der Waals surface area contributed by atoms with Gasteiger partial charge in [-0.25, -0.2) is 8.42 Å². The molecule has 0 spiro atoms. The fraction of sp³-hybridized carbons (Fsp3) is 0.350. The summed E-state index contributed by atoms with van der Waals surface area (Å²) in [6.45, 7) is 4.33. The summed E-state index contributed by atoms with van der Waals surface area (Å²) in [6, 6.07) is 13.0. The molecule has 2 rings (SSSR count). The number of anilines is 1. The van der Waals surface area contributed by atoms with Crippen LogP contribution in [0.15, 0.2) is 48.5 Å². The molecule has 0 radical (unpaired) electrons. The molecule has 152 valence electrons. The van der Waals surface area contributed by atoms with Gasteiger partial charge in [-0.2, -0.15) is 0 Å². The number of nitrogens with one attached hydrogen (secondary N) is 1. The van der Waals surface area contributed by atoms with Crippen molar-refractivity contribution in [2.24, 2.45) is 0 Å². The Morgan fingerprint density at radius 1 is 1.07 bits per heavy atom. The number of sulfonamides is 1. The minimum atomic E-state index is -3.66. The van der Waals surface area contributed by atoms with Crippen LogP contribution in [0.5, 0.6) is 11.5 Å². The number of ether oxygens (including phenoxy) is 2. The summed E-state index contributed by atoms with van der Waals surface area (Å²) < 4.78 is 36.2. The van der Waals surface area contributed by atoms with Crippen LogP contribution < -0.4 is 19.1 Å². The lowest BCUT2D eigenvalue weighted by molar-refractivity contribution is -0.122. The molecule has 0 heterocycles. The highest BCUT2D eigenvalue weighted by molar-refractivity contribution is 7.92. The van der Waals surface area contributed by atoms with Crippen LogP contribution in [0.2, 0.25) is 0 Å². The molecule has 0 aliphatic carbocycles. The molecule has 0 aromatic heterocycles. The van der Waals surface area contributed by atoms with Crippen LogP contribution in [0.4, 0.5) is 5.69 Å². The van der Waals surface area contributed by atoms with Gasteiger partial charge in [0.15, 0.2) is 0 Å². The normalized spacial score (nSPS) is 12.1. The van der Waals surface area contributed by atoms with Crippen molar-refractivity contribution in [3.8, 4) is 11.5 Å². The standard InChI is InChI=1S/C20H26N2O5S/c1-5-27-19-10-6-16(7-11-19)14-21-20(23)15(2)22(28(4,24)25)17-8-12-18(26-3)13-9-17/h6-13,15H,5,14H2,1-4H3,(H,21,23)/t15-/m0/s1. The molecule has 8 heteroatoms. The zero-order valence-electron chi connectivity index (χ0n) is 16.5. The molecule has 0 aliphatic heterocycles. The van der Waals surface area contributed by atoms with Gasteiger partial charge in [-0.1, -0.05) is 12.1 Å². The van der Waals surface area contributed by atoms with Gasteiger partial charge in [0.2, 0.25) is 15.9 Å². The van der Waals surface area contributed by atoms with Crippen molar-refractivity contribution in [3.63, 3.8) is 0 Å². The Morgan fingerprint density at radius 3 is 2.14 bits per heavy atom. The quantitative estimate of drug-likeness (QED) is 0.692. The molecule has 1 N–H and O–H groups in total. The van der Waals surface area contributed by atoms with Crippen LogP contribution in [-0.4, -0.2) is 40.3 Å². The molecule has 28 heavy (non-hydrogen) atoms. The van der Waals surface area contributed by atoms with Gasteiger partial charge < -0.3 is 14.8 Å². The third kappa shape index (κ3) is 5.63. The second-order valence-corrected chi connectivity index (χ2v) is 8.09. The summed E-state index contributed by atoms with van der Waals surface area (Å²) in [4.78, 5) is 12.6. The molecule has 0 unspecified atom stereocenters. The number of hydrogen-bond donors (Lipinski definition) is 1. The van der Waals surface area contributed by atoms with Gasteiger partial charge in [-0.3, -0.25) is 9.10 Å². The van der Waals surface area contributed by atoms with E-state index in [0.717, 1.165) is 21.9 Å². The number of rotatable bonds is 9. The van der Waals surface area contributed by atoms with Gasteiger partial charge in [-0.15, -0.1) is 0 Å². The van der Waals surface area contributed by atoms with Crippen LogP contribution in [-0.2, 0) is 21.4 Å². The second-order valence-electron chi connectivity index (χ2n) is 6.23. The number of hydrogen-bond acceptors (Lipinski definition) is 5. The molecule has 0 fully saturated rings. The highest BCUT2D eigenvalue weighted by Gasteiger charge is 2.29. The third-order valence-corrected chi connectivity index (χ3v) is 5.36. The number of amides is 1. The molecule has 0 saturated heterocycles. The summed E-state index contributed by atoms with van der Waals surface area (Å²) in [5.41, 5.74) is 1.28. The van der Waals surface area contributed by atoms with Crippen LogP contribution in [0.3, 0.4) is 0 Å². The molecule has 0 bridgehead atoms. The molecule has 2 aromatic carbocycles. The van der Waals surface area contributed by atoms with Crippen molar-refractivity contribution >= 4 is 21.6 Å². The van der Waals surface area contributed by atoms with Gasteiger partial charge in [0, 0.05) is 6.54 Å². The van der Waals surface area contributed by atoms with Crippen LogP contribution in [0, 0.1) is 0 Å². The Hall–Kier alpha value is -2.74. The van der Waals surface area contributed by atoms with E-state index in [1.54, 1.807) is 31.2 Å². The Morgan fingerprint density at radius 2 is 1.64 bits per heavy atom. The van der Waals surface area contributed by atoms with E-state index in [2.05, 4.69) is 5.32 Å². The van der Waals surface area contributed by atoms with E-state index in [4.69, 9.17) is 9.47 Å². The monoisotopic (exact) mass is 406 g/mol. The summed E-state index contributed by atoms with van der Waals surface area (Å²) in [5.74, 6) is 0.966. The molecule has 7 nitrogen and oxygen atoms in total. The second kappa shape index (κ2) is 9.45. The summed E-state index contributed by atoms with van der Waals surface area (Å²) in [7, 11) is -2.13. The zero-order valence-corrected chi connectivity index (χ0v) is 17.3. The first kappa shape index (κ1) is 21.6. The van der Waals surface area contributed by atoms with Gasteiger partial charge >= 0.3 is 0 Å². The smallest absolute Gasteiger partial charge is 0.243 e. The van der Waals surface area contributed by atoms with Crippen molar-refractivity contribution in [2.45, 2.75) is 26.4 Å². The molecular formula is C20H26N2O5S. The topological polar surface area (TPSA) is 84.9 Å². The van der Waals surface area contributed by atoms with E-state index in [1.807, 2.05) is 31.2 Å². The van der Waals surface area contributed by atoms with E-state index in [0.29, 0.717) is 18.0 Å². The average molecular weight is 407 g/mol. The van der Waals surface area contributed by atoms with Crippen molar-refractivity contribution in [1.29, 1.82) is 0 Å². The molecule has 0 saturated carbocycles. The third-order valence-electron chi connectivity index (χ3n) is 4.12. The fourth-order valence-corrected chi connectivity index (χ4v) is 3.92. The summed E-state index contributed by atoms with van der Waals surface area (Å²) in [6.07, 6.45) is 1.08. The Kier molecular flexibility index (Phi) is 7.28. The van der Waals surface area contributed by atoms with Crippen molar-refractivity contribution in [3.05, 3.63) is 54.1 Å². The highest BCUT2D eigenvalue weighted by Crippen LogP contribution is 2.24. The van der Waals surface area contributed by atoms with Crippen LogP contribution in [0.1, 0.15) is 19.4 Å². The molecule has 1 atom stereocenters. The summed E-state index contributed by atoms with van der Waals surface area (Å²) >= 11 is 0. The van der Waals surface area contributed by atoms with E-state index in [1.165, 1.54) is 7.11 Å². The molecule has 2 aromatic rings. The van der Waals surface area contributed by atoms with Crippen molar-refractivity contribution in [1.82, 2.24) is 5.32 Å². The first-order valence-electron chi connectivity index (χ1n) is 8.89. The average Bonchev–Trinajstić information content (AvgIpc) is 2.67. The van der Waals surface area contributed by atoms with Gasteiger partial charge in [0.1, 0.15) is 17.5 Å². The van der Waals surface area contributed by atoms with E-state index in [9.17, 15) is 13.2 Å². The SMILES string of the molecule is CCOc1ccc(CNC(=O)[C@H](C)N(c2ccc(OC)cc2)S(C)(=O)=O)cc1. The maximum Gasteiger partial charge on any atom is 0.243 e. The van der Waals surface area contributed by atoms with E-state index >= 15 is 0 Å². The number of benzene rings is 2. The predicted octanol–water partition coefficient (Wildman–Crippen LogP) is 2.56. The Balaban J connectivity index is 2.10. The van der Waals surface area contributed by atoms with Crippen LogP contribution >= 0.6 is 0 Å². The van der Waals surface area contributed by atoms with E-state index in [-0.39, 0.29) is 6.54 Å². The van der Waals surface area contributed by atoms with Gasteiger partial charge in [-0.05, 0) is 55.8 Å². The Bertz CT molecular complexity index is 880. The maximum absolute atomic E-state index is 12.6. The first-order valence-corrected chi connectivity index (χ1v) is 10.7. The fourth-order valence-electron chi connectivity index (χ4n) is 2.75. The lowest BCUT2D eigenvalue weighted by Crippen LogP contribution is -2.47. The molecule has 0 aliphatic rings. The number of methoxy groups -OCH3 is 1. The van der Waals surface area contributed by atoms with Crippen molar-refractivity contribution in [2.75, 3.05) is 24.3 Å². The number of carbonyl (C=O) groups excluding carboxylic acids is 1. The lowest BCUT2D eigenvalue weighted by Gasteiger charge is -2.28. The van der Waals surface area contributed by atoms with Crippen LogP contribution in [0.25, 0.3) is 0 Å². The van der Waals surface area contributed by atoms with Gasteiger partial charge in [0.25, 0.3) is 0 Å². The molecular weight excluding hydrogens is 380 g/mol. The van der Waals surface area contributed by atoms with E-state index < -0.39 is 22.0 Å². The van der Waals surface area contributed by atoms with Crippen molar-refractivity contribution < 1.29 is 22.7 Å². The molecule has 1 amide bonds. The van der Waals surface area contributed by atoms with Gasteiger partial charge in [0.05, 0.1) is 25.7 Å². The Labute approximate surface area is 166 Å². The lowest BCUT2D eigenvalue weighted by atomic mass is 10.2. The zero-order chi connectivity index (χ0) is 20.7. The predicted molar refractivity (Wildman–Crippen MR) is 109 cm³/mol. The first-order chi connectivity index (χ1) is 13.3. The number of carbonyl (C=O) groups is 1.